The van der Waals surface area contributed by atoms with E-state index in [1.165, 1.54) is 6.08 Å². The average molecular weight is 507 g/mol. The number of aliphatic hydroxyl groups excluding tert-OH is 1. The number of aliphatic hydroxyl groups is 1. The van der Waals surface area contributed by atoms with Crippen molar-refractivity contribution < 1.29 is 24.2 Å². The number of likely N-dealkylation sites (tertiary alicyclic amines) is 1. The van der Waals surface area contributed by atoms with Crippen LogP contribution in [0.3, 0.4) is 0 Å². The molecular weight excluding hydrogens is 464 g/mol. The summed E-state index contributed by atoms with van der Waals surface area (Å²) in [5.74, 6) is -1.65. The number of amides is 2. The van der Waals surface area contributed by atoms with Crippen LogP contribution in [0.5, 0.6) is 0 Å². The van der Waals surface area contributed by atoms with Crippen LogP contribution in [0.1, 0.15) is 59.8 Å². The number of carbonyl (C=O) groups excluding carboxylic acids is 3. The van der Waals surface area contributed by atoms with Gasteiger partial charge in [-0.2, -0.15) is 0 Å². The van der Waals surface area contributed by atoms with Gasteiger partial charge < -0.3 is 19.6 Å². The molecule has 1 spiro atoms. The van der Waals surface area contributed by atoms with Gasteiger partial charge in [-0.25, -0.2) is 0 Å². The van der Waals surface area contributed by atoms with Crippen LogP contribution < -0.4 is 0 Å². The van der Waals surface area contributed by atoms with Crippen molar-refractivity contribution in [1.29, 1.82) is 0 Å². The molecule has 0 saturated carbocycles. The molecule has 3 aliphatic heterocycles. The Morgan fingerprint density at radius 1 is 1.31 bits per heavy atom. The Bertz CT molecular complexity index is 832. The van der Waals surface area contributed by atoms with Crippen LogP contribution in [0.15, 0.2) is 25.3 Å². The third kappa shape index (κ3) is 4.93. The molecule has 2 amide bonds. The summed E-state index contributed by atoms with van der Waals surface area (Å²) in [6.07, 6.45) is 7.08. The second-order valence-electron chi connectivity index (χ2n) is 10.6. The van der Waals surface area contributed by atoms with Crippen molar-refractivity contribution in [2.24, 2.45) is 17.8 Å². The zero-order valence-electron chi connectivity index (χ0n) is 21.7. The minimum Gasteiger partial charge on any atom is -0.461 e. The van der Waals surface area contributed by atoms with E-state index in [9.17, 15) is 19.5 Å². The molecule has 35 heavy (non-hydrogen) atoms. The standard InChI is InChI=1S/C27H42N2O5S/c1-7-10-18(6)28(13-8-2)25(32)23-27-12-11-20(35-27)21(26(33)34-14-9-3)22(27)24(31)29(23)19(16-30)15-17(4)5/h8-9,17-23,30H,2-3,7,10-16H2,1,4-6H3/t18?,19-,20+,21-,22+,23?,27?/m1/s1. The van der Waals surface area contributed by atoms with Gasteiger partial charge in [0.05, 0.1) is 29.2 Å². The summed E-state index contributed by atoms with van der Waals surface area (Å²) in [5.41, 5.74) is 0. The molecule has 8 heteroatoms. The monoisotopic (exact) mass is 506 g/mol. The van der Waals surface area contributed by atoms with Crippen molar-refractivity contribution >= 4 is 29.5 Å². The van der Waals surface area contributed by atoms with Crippen LogP contribution in [-0.2, 0) is 19.1 Å². The average Bonchev–Trinajstić information content (AvgIpc) is 3.46. The van der Waals surface area contributed by atoms with E-state index in [1.807, 2.05) is 25.7 Å². The first-order valence-corrected chi connectivity index (χ1v) is 13.9. The van der Waals surface area contributed by atoms with Crippen LogP contribution in [0.4, 0.5) is 0 Å². The largest absolute Gasteiger partial charge is 0.461 e. The molecule has 0 aromatic carbocycles. The van der Waals surface area contributed by atoms with Crippen LogP contribution in [0, 0.1) is 17.8 Å². The van der Waals surface area contributed by atoms with Crippen molar-refractivity contribution in [3.05, 3.63) is 25.3 Å². The molecule has 3 saturated heterocycles. The lowest BCUT2D eigenvalue weighted by Gasteiger charge is -2.41. The van der Waals surface area contributed by atoms with Crippen molar-refractivity contribution in [1.82, 2.24) is 9.80 Å². The molecule has 3 heterocycles. The number of nitrogens with zero attached hydrogens (tertiary/aromatic N) is 2. The summed E-state index contributed by atoms with van der Waals surface area (Å²) in [6, 6.07) is -1.21. The highest BCUT2D eigenvalue weighted by atomic mass is 32.2. The van der Waals surface area contributed by atoms with E-state index < -0.39 is 28.7 Å². The van der Waals surface area contributed by atoms with Gasteiger partial charge >= 0.3 is 5.97 Å². The van der Waals surface area contributed by atoms with Gasteiger partial charge in [0.2, 0.25) is 11.8 Å². The van der Waals surface area contributed by atoms with E-state index in [1.54, 1.807) is 22.7 Å². The third-order valence-electron chi connectivity index (χ3n) is 7.78. The second-order valence-corrected chi connectivity index (χ2v) is 12.2. The maximum atomic E-state index is 14.3. The molecule has 0 aromatic heterocycles. The highest BCUT2D eigenvalue weighted by Gasteiger charge is 2.74. The Labute approximate surface area is 214 Å². The van der Waals surface area contributed by atoms with E-state index in [4.69, 9.17) is 4.74 Å². The Morgan fingerprint density at radius 2 is 2.03 bits per heavy atom. The number of esters is 1. The van der Waals surface area contributed by atoms with Crippen molar-refractivity contribution in [2.75, 3.05) is 19.8 Å². The molecule has 1 N–H and O–H groups in total. The number of carbonyl (C=O) groups is 3. The first-order valence-electron chi connectivity index (χ1n) is 13.0. The topological polar surface area (TPSA) is 87.2 Å². The summed E-state index contributed by atoms with van der Waals surface area (Å²) in [7, 11) is 0. The number of hydrogen-bond acceptors (Lipinski definition) is 6. The molecule has 3 aliphatic rings. The van der Waals surface area contributed by atoms with Gasteiger partial charge in [0, 0.05) is 17.8 Å². The SMILES string of the molecule is C=CCOC(=O)[C@@H]1[C@@H]2CCC3(S2)C(C(=O)N(CC=C)C(C)CCC)N([C@@H](CO)CC(C)C)C(=O)[C@H]13. The van der Waals surface area contributed by atoms with Crippen molar-refractivity contribution in [2.45, 2.75) is 87.9 Å². The highest BCUT2D eigenvalue weighted by Crippen LogP contribution is 2.67. The van der Waals surface area contributed by atoms with E-state index in [0.29, 0.717) is 19.4 Å². The number of ether oxygens (including phenoxy) is 1. The molecule has 0 radical (unpaired) electrons. The van der Waals surface area contributed by atoms with E-state index in [0.717, 1.165) is 19.3 Å². The van der Waals surface area contributed by atoms with Crippen LogP contribution in [0.2, 0.25) is 0 Å². The lowest BCUT2D eigenvalue weighted by molar-refractivity contribution is -0.153. The van der Waals surface area contributed by atoms with E-state index in [-0.39, 0.29) is 48.2 Å². The molecular formula is C27H42N2O5S. The van der Waals surface area contributed by atoms with Crippen molar-refractivity contribution in [3.8, 4) is 0 Å². The summed E-state index contributed by atoms with van der Waals surface area (Å²) >= 11 is 1.63. The molecule has 3 rings (SSSR count). The molecule has 0 aromatic rings. The summed E-state index contributed by atoms with van der Waals surface area (Å²) in [5, 5.41) is 10.3. The fraction of sp³-hybridized carbons (Fsp3) is 0.741. The normalized spacial score (nSPS) is 30.8. The third-order valence-corrected chi connectivity index (χ3v) is 9.73. The molecule has 3 unspecified atom stereocenters. The number of thioether (sulfide) groups is 1. The Balaban J connectivity index is 2.08. The lowest BCUT2D eigenvalue weighted by Crippen LogP contribution is -2.59. The minimum atomic E-state index is -0.720. The minimum absolute atomic E-state index is 0.00691. The Morgan fingerprint density at radius 3 is 2.60 bits per heavy atom. The predicted molar refractivity (Wildman–Crippen MR) is 139 cm³/mol. The van der Waals surface area contributed by atoms with Gasteiger partial charge in [-0.05, 0) is 38.5 Å². The smallest absolute Gasteiger partial charge is 0.311 e. The zero-order valence-corrected chi connectivity index (χ0v) is 22.5. The van der Waals surface area contributed by atoms with Gasteiger partial charge in [0.15, 0.2) is 0 Å². The number of hydrogen-bond donors (Lipinski definition) is 1. The van der Waals surface area contributed by atoms with Gasteiger partial charge in [-0.3, -0.25) is 14.4 Å². The second kappa shape index (κ2) is 11.5. The molecule has 196 valence electrons. The molecule has 2 bridgehead atoms. The lowest BCUT2D eigenvalue weighted by atomic mass is 9.71. The van der Waals surface area contributed by atoms with Gasteiger partial charge in [-0.15, -0.1) is 18.3 Å². The van der Waals surface area contributed by atoms with Crippen molar-refractivity contribution in [3.63, 3.8) is 0 Å². The van der Waals surface area contributed by atoms with E-state index in [2.05, 4.69) is 20.1 Å². The molecule has 0 aliphatic carbocycles. The van der Waals surface area contributed by atoms with Gasteiger partial charge in [0.1, 0.15) is 12.6 Å². The summed E-state index contributed by atoms with van der Waals surface area (Å²) < 4.78 is 4.73. The first-order chi connectivity index (χ1) is 16.7. The Hall–Kier alpha value is -1.80. The fourth-order valence-electron chi connectivity index (χ4n) is 6.45. The fourth-order valence-corrected chi connectivity index (χ4v) is 8.63. The molecule has 7 nitrogen and oxygen atoms in total. The van der Waals surface area contributed by atoms with Crippen LogP contribution in [0.25, 0.3) is 0 Å². The Kier molecular flexibility index (Phi) is 9.13. The maximum Gasteiger partial charge on any atom is 0.311 e. The van der Waals surface area contributed by atoms with Crippen LogP contribution in [-0.4, -0.2) is 80.6 Å². The number of rotatable bonds is 13. The zero-order chi connectivity index (χ0) is 25.9. The maximum absolute atomic E-state index is 14.3. The molecule has 7 atom stereocenters. The summed E-state index contributed by atoms with van der Waals surface area (Å²) in [4.78, 5) is 45.0. The molecule has 3 fully saturated rings. The van der Waals surface area contributed by atoms with E-state index >= 15 is 0 Å². The number of fused-ring (bicyclic) bond motifs is 1. The summed E-state index contributed by atoms with van der Waals surface area (Å²) in [6.45, 7) is 16.0. The first kappa shape index (κ1) is 27.8. The van der Waals surface area contributed by atoms with Crippen LogP contribution >= 0.6 is 11.8 Å². The highest BCUT2D eigenvalue weighted by molar-refractivity contribution is 8.02. The predicted octanol–water partition coefficient (Wildman–Crippen LogP) is 3.42. The van der Waals surface area contributed by atoms with Gasteiger partial charge in [0.25, 0.3) is 0 Å². The quantitative estimate of drug-likeness (QED) is 0.304. The van der Waals surface area contributed by atoms with Gasteiger partial charge in [-0.1, -0.05) is 45.9 Å².